The molecule has 0 aromatic carbocycles. The Kier molecular flexibility index (Phi) is 8.47. The summed E-state index contributed by atoms with van der Waals surface area (Å²) in [5.74, 6) is 0.842. The molecular formula is C19H36N6O3S. The number of ether oxygens (including phenoxy) is 1. The van der Waals surface area contributed by atoms with Gasteiger partial charge in [-0.15, -0.1) is 0 Å². The van der Waals surface area contributed by atoms with E-state index < -0.39 is 10.0 Å². The van der Waals surface area contributed by atoms with Crippen LogP contribution in [0.4, 0.5) is 0 Å². The van der Waals surface area contributed by atoms with Gasteiger partial charge >= 0.3 is 0 Å². The minimum atomic E-state index is -3.29. The van der Waals surface area contributed by atoms with E-state index in [1.165, 1.54) is 0 Å². The third-order valence-electron chi connectivity index (χ3n) is 5.10. The van der Waals surface area contributed by atoms with Crippen LogP contribution in [0.25, 0.3) is 0 Å². The van der Waals surface area contributed by atoms with Gasteiger partial charge in [0.05, 0.1) is 30.7 Å². The molecule has 0 bridgehead atoms. The topological polar surface area (TPSA) is 92.1 Å². The van der Waals surface area contributed by atoms with E-state index in [0.29, 0.717) is 32.7 Å². The van der Waals surface area contributed by atoms with Crippen LogP contribution in [0.5, 0.6) is 0 Å². The molecule has 9 nitrogen and oxygen atoms in total. The van der Waals surface area contributed by atoms with E-state index in [9.17, 15) is 8.42 Å². The lowest BCUT2D eigenvalue weighted by molar-refractivity contribution is 0.0904. The van der Waals surface area contributed by atoms with E-state index in [0.717, 1.165) is 29.5 Å². The minimum absolute atomic E-state index is 0.0267. The van der Waals surface area contributed by atoms with Crippen molar-refractivity contribution in [2.24, 2.45) is 12.0 Å². The Morgan fingerprint density at radius 2 is 1.90 bits per heavy atom. The molecule has 29 heavy (non-hydrogen) atoms. The molecule has 0 aliphatic carbocycles. The first kappa shape index (κ1) is 23.6. The van der Waals surface area contributed by atoms with Crippen LogP contribution in [-0.4, -0.2) is 84.6 Å². The zero-order valence-corrected chi connectivity index (χ0v) is 19.4. The molecule has 0 atom stereocenters. The fourth-order valence-corrected chi connectivity index (χ4v) is 4.61. The predicted molar refractivity (Wildman–Crippen MR) is 116 cm³/mol. The van der Waals surface area contributed by atoms with Gasteiger partial charge in [0.2, 0.25) is 10.0 Å². The Bertz CT molecular complexity index is 795. The molecule has 10 heteroatoms. The van der Waals surface area contributed by atoms with Gasteiger partial charge in [-0.3, -0.25) is 4.68 Å². The van der Waals surface area contributed by atoms with Crippen LogP contribution in [0, 0.1) is 13.8 Å². The molecular weight excluding hydrogens is 392 g/mol. The second-order valence-electron chi connectivity index (χ2n) is 7.56. The Labute approximate surface area is 175 Å². The highest BCUT2D eigenvalue weighted by atomic mass is 32.2. The summed E-state index contributed by atoms with van der Waals surface area (Å²) in [5, 5.41) is 7.78. The lowest BCUT2D eigenvalue weighted by Gasteiger charge is -2.36. The molecule has 166 valence electrons. The summed E-state index contributed by atoms with van der Waals surface area (Å²) in [6.07, 6.45) is 0.0352. The molecule has 0 spiro atoms. The third kappa shape index (κ3) is 6.42. The van der Waals surface area contributed by atoms with E-state index in [4.69, 9.17) is 9.73 Å². The highest BCUT2D eigenvalue weighted by molar-refractivity contribution is 7.89. The average Bonchev–Trinajstić information content (AvgIpc) is 2.90. The first-order valence-corrected chi connectivity index (χ1v) is 11.9. The van der Waals surface area contributed by atoms with Gasteiger partial charge in [0.15, 0.2) is 5.96 Å². The van der Waals surface area contributed by atoms with Gasteiger partial charge in [0.25, 0.3) is 0 Å². The van der Waals surface area contributed by atoms with Crippen LogP contribution in [0.3, 0.4) is 0 Å². The van der Waals surface area contributed by atoms with E-state index in [-0.39, 0.29) is 18.5 Å². The Balaban J connectivity index is 1.98. The standard InChI is InChI=1S/C19H36N6O3S/c1-7-20-19(21-14-18-16(4)22-23(6)17(18)5)24-8-10-25(11-9-24)29(26,27)13-12-28-15(2)3/h15H,7-14H2,1-6H3,(H,20,21). The van der Waals surface area contributed by atoms with Gasteiger partial charge in [0.1, 0.15) is 0 Å². The van der Waals surface area contributed by atoms with Crippen molar-refractivity contribution in [3.63, 3.8) is 0 Å². The second kappa shape index (κ2) is 10.4. The van der Waals surface area contributed by atoms with Crippen LogP contribution in [0.2, 0.25) is 0 Å². The molecule has 1 N–H and O–H groups in total. The molecule has 1 aliphatic heterocycles. The van der Waals surface area contributed by atoms with Gasteiger partial charge in [-0.1, -0.05) is 0 Å². The van der Waals surface area contributed by atoms with Crippen molar-refractivity contribution in [1.29, 1.82) is 0 Å². The number of sulfonamides is 1. The van der Waals surface area contributed by atoms with Crippen LogP contribution in [0.1, 0.15) is 37.7 Å². The monoisotopic (exact) mass is 428 g/mol. The quantitative estimate of drug-likeness (QED) is 0.488. The Hall–Kier alpha value is -1.65. The lowest BCUT2D eigenvalue weighted by atomic mass is 10.2. The van der Waals surface area contributed by atoms with E-state index in [1.54, 1.807) is 4.31 Å². The van der Waals surface area contributed by atoms with Crippen LogP contribution in [-0.2, 0) is 28.4 Å². The van der Waals surface area contributed by atoms with Crippen molar-refractivity contribution in [2.45, 2.75) is 47.3 Å². The molecule has 1 aliphatic rings. The number of piperazine rings is 1. The summed E-state index contributed by atoms with van der Waals surface area (Å²) in [4.78, 5) is 6.91. The number of nitrogens with one attached hydrogen (secondary N) is 1. The van der Waals surface area contributed by atoms with Crippen molar-refractivity contribution >= 4 is 16.0 Å². The van der Waals surface area contributed by atoms with Gasteiger partial charge < -0.3 is 15.0 Å². The summed E-state index contributed by atoms with van der Waals surface area (Å²) in [5.41, 5.74) is 3.24. The van der Waals surface area contributed by atoms with Gasteiger partial charge in [-0.25, -0.2) is 13.4 Å². The normalized spacial score (nSPS) is 16.7. The third-order valence-corrected chi connectivity index (χ3v) is 6.94. The number of nitrogens with zero attached hydrogens (tertiary/aromatic N) is 5. The van der Waals surface area contributed by atoms with Gasteiger partial charge in [0, 0.05) is 51.0 Å². The molecule has 0 saturated carbocycles. The zero-order chi connectivity index (χ0) is 21.6. The van der Waals surface area contributed by atoms with Gasteiger partial charge in [-0.05, 0) is 34.6 Å². The van der Waals surface area contributed by atoms with Crippen molar-refractivity contribution in [1.82, 2.24) is 24.3 Å². The van der Waals surface area contributed by atoms with Crippen LogP contribution in [0.15, 0.2) is 4.99 Å². The van der Waals surface area contributed by atoms with Gasteiger partial charge in [-0.2, -0.15) is 9.40 Å². The largest absolute Gasteiger partial charge is 0.378 e. The smallest absolute Gasteiger partial charge is 0.216 e. The average molecular weight is 429 g/mol. The highest BCUT2D eigenvalue weighted by Gasteiger charge is 2.28. The number of hydrogen-bond donors (Lipinski definition) is 1. The SMILES string of the molecule is CCNC(=NCc1c(C)nn(C)c1C)N1CCN(S(=O)(=O)CCOC(C)C)CC1. The van der Waals surface area contributed by atoms with E-state index >= 15 is 0 Å². The molecule has 2 heterocycles. The molecule has 1 aromatic rings. The summed E-state index contributed by atoms with van der Waals surface area (Å²) >= 11 is 0. The molecule has 0 amide bonds. The van der Waals surface area contributed by atoms with Crippen molar-refractivity contribution in [3.05, 3.63) is 17.0 Å². The van der Waals surface area contributed by atoms with E-state index in [2.05, 4.69) is 15.3 Å². The molecule has 1 aromatic heterocycles. The molecule has 0 unspecified atom stereocenters. The van der Waals surface area contributed by atoms with Crippen molar-refractivity contribution < 1.29 is 13.2 Å². The molecule has 0 radical (unpaired) electrons. The Morgan fingerprint density at radius 1 is 1.24 bits per heavy atom. The zero-order valence-electron chi connectivity index (χ0n) is 18.6. The fraction of sp³-hybridized carbons (Fsp3) is 0.789. The summed E-state index contributed by atoms with van der Waals surface area (Å²) in [7, 11) is -1.36. The summed E-state index contributed by atoms with van der Waals surface area (Å²) in [6, 6.07) is 0. The lowest BCUT2D eigenvalue weighted by Crippen LogP contribution is -2.54. The number of hydrogen-bond acceptors (Lipinski definition) is 5. The predicted octanol–water partition coefficient (Wildman–Crippen LogP) is 0.875. The van der Waals surface area contributed by atoms with E-state index in [1.807, 2.05) is 46.3 Å². The minimum Gasteiger partial charge on any atom is -0.378 e. The van der Waals surface area contributed by atoms with Crippen molar-refractivity contribution in [3.8, 4) is 0 Å². The number of rotatable bonds is 8. The number of aliphatic imine (C=N–C) groups is 1. The number of aromatic nitrogens is 2. The molecule has 1 saturated heterocycles. The maximum absolute atomic E-state index is 12.5. The van der Waals surface area contributed by atoms with Crippen LogP contribution < -0.4 is 5.32 Å². The molecule has 1 fully saturated rings. The number of guanidine groups is 1. The molecule has 2 rings (SSSR count). The maximum atomic E-state index is 12.5. The Morgan fingerprint density at radius 3 is 2.41 bits per heavy atom. The summed E-state index contributed by atoms with van der Waals surface area (Å²) < 4.78 is 33.9. The van der Waals surface area contributed by atoms with Crippen LogP contribution >= 0.6 is 0 Å². The number of aryl methyl sites for hydroxylation is 2. The fourth-order valence-electron chi connectivity index (χ4n) is 3.32. The highest BCUT2D eigenvalue weighted by Crippen LogP contribution is 2.14. The maximum Gasteiger partial charge on any atom is 0.216 e. The first-order chi connectivity index (χ1) is 13.7. The van der Waals surface area contributed by atoms with Crippen molar-refractivity contribution in [2.75, 3.05) is 45.1 Å². The summed E-state index contributed by atoms with van der Waals surface area (Å²) in [6.45, 7) is 13.6. The first-order valence-electron chi connectivity index (χ1n) is 10.3. The second-order valence-corrected chi connectivity index (χ2v) is 9.65.